The molecular formula is C17H17ClN6OS. The molecule has 0 N–H and O–H groups in total. The maximum Gasteiger partial charge on any atom is 0.211 e. The van der Waals surface area contributed by atoms with Crippen molar-refractivity contribution in [2.24, 2.45) is 0 Å². The average Bonchev–Trinajstić information content (AvgIpc) is 3.28. The summed E-state index contributed by atoms with van der Waals surface area (Å²) < 4.78 is 14.2. The third-order valence-corrected chi connectivity index (χ3v) is 6.74. The Morgan fingerprint density at radius 2 is 1.92 bits per heavy atom. The number of aryl methyl sites for hydroxylation is 1. The van der Waals surface area contributed by atoms with Gasteiger partial charge in [-0.15, -0.1) is 0 Å². The fourth-order valence-corrected chi connectivity index (χ4v) is 5.22. The van der Waals surface area contributed by atoms with Crippen molar-refractivity contribution >= 4 is 34.0 Å². The van der Waals surface area contributed by atoms with Crippen molar-refractivity contribution in [1.29, 1.82) is 0 Å². The van der Waals surface area contributed by atoms with Crippen LogP contribution in [-0.2, 0) is 17.2 Å². The number of anilines is 1. The molecule has 0 saturated carbocycles. The number of nitrogens with zero attached hydrogens (tertiary/aromatic N) is 6. The Hall–Kier alpha value is -2.06. The van der Waals surface area contributed by atoms with Gasteiger partial charge in [-0.3, -0.25) is 8.61 Å². The number of hydrogen-bond acceptors (Lipinski definition) is 6. The summed E-state index contributed by atoms with van der Waals surface area (Å²) in [6.45, 7) is 1.75. The second kappa shape index (κ2) is 6.28. The van der Waals surface area contributed by atoms with Gasteiger partial charge in [0.1, 0.15) is 10.7 Å². The molecule has 7 nitrogen and oxygen atoms in total. The van der Waals surface area contributed by atoms with Crippen molar-refractivity contribution < 1.29 is 4.21 Å². The van der Waals surface area contributed by atoms with Crippen LogP contribution in [0.15, 0.2) is 29.7 Å². The van der Waals surface area contributed by atoms with Crippen LogP contribution in [0, 0.1) is 0 Å². The van der Waals surface area contributed by atoms with E-state index in [9.17, 15) is 4.21 Å². The molecule has 5 rings (SSSR count). The van der Waals surface area contributed by atoms with Crippen LogP contribution in [0.1, 0.15) is 30.3 Å². The average molecular weight is 389 g/mol. The predicted molar refractivity (Wildman–Crippen MR) is 99.2 cm³/mol. The molecule has 2 aliphatic rings. The number of imidazole rings is 1. The third-order valence-electron chi connectivity index (χ3n) is 5.09. The van der Waals surface area contributed by atoms with E-state index in [1.54, 1.807) is 18.6 Å². The molecule has 3 aromatic heterocycles. The number of aromatic nitrogens is 5. The zero-order valence-corrected chi connectivity index (χ0v) is 15.6. The SMILES string of the molecule is O=S1CCc2nc(N3CCC(c4ncc(Cl)cn4)CC3)n3ccnc3c21. The topological polar surface area (TPSA) is 76.3 Å². The second-order valence-corrected chi connectivity index (χ2v) is 8.57. The van der Waals surface area contributed by atoms with Crippen LogP contribution in [0.25, 0.3) is 5.65 Å². The number of halogens is 1. The Bertz CT molecular complexity index is 996. The Labute approximate surface area is 157 Å². The Morgan fingerprint density at radius 3 is 2.69 bits per heavy atom. The first kappa shape index (κ1) is 16.1. The first-order valence-electron chi connectivity index (χ1n) is 8.67. The number of hydrogen-bond donors (Lipinski definition) is 0. The minimum absolute atomic E-state index is 0.337. The first-order chi connectivity index (χ1) is 12.7. The first-order valence-corrected chi connectivity index (χ1v) is 10.4. The lowest BCUT2D eigenvalue weighted by molar-refractivity contribution is 0.479. The number of fused-ring (bicyclic) bond motifs is 3. The Kier molecular flexibility index (Phi) is 3.90. The molecule has 1 atom stereocenters. The van der Waals surface area contributed by atoms with E-state index in [1.165, 1.54) is 0 Å². The second-order valence-electron chi connectivity index (χ2n) is 6.63. The standard InChI is InChI=1S/C17H17ClN6OS/c18-12-9-20-15(21-10-12)11-1-5-23(6-2-11)17-22-13-3-8-26(25)14(13)16-19-4-7-24(16)17/h4,7,9-11H,1-3,5-6,8H2. The van der Waals surface area contributed by atoms with Gasteiger partial charge in [0.05, 0.1) is 21.5 Å². The van der Waals surface area contributed by atoms with Crippen molar-refractivity contribution in [3.63, 3.8) is 0 Å². The van der Waals surface area contributed by atoms with E-state index in [-0.39, 0.29) is 0 Å². The fourth-order valence-electron chi connectivity index (χ4n) is 3.78. The van der Waals surface area contributed by atoms with Crippen LogP contribution in [0.2, 0.25) is 5.02 Å². The molecular weight excluding hydrogens is 372 g/mol. The minimum Gasteiger partial charge on any atom is -0.342 e. The highest BCUT2D eigenvalue weighted by Crippen LogP contribution is 2.32. The molecule has 0 aromatic carbocycles. The van der Waals surface area contributed by atoms with Gasteiger partial charge in [0.25, 0.3) is 0 Å². The van der Waals surface area contributed by atoms with Crippen LogP contribution in [0.3, 0.4) is 0 Å². The molecule has 0 amide bonds. The van der Waals surface area contributed by atoms with E-state index in [2.05, 4.69) is 19.9 Å². The van der Waals surface area contributed by atoms with E-state index in [0.717, 1.165) is 60.4 Å². The van der Waals surface area contributed by atoms with E-state index in [0.29, 0.717) is 16.7 Å². The van der Waals surface area contributed by atoms with Crippen molar-refractivity contribution in [2.45, 2.75) is 30.1 Å². The van der Waals surface area contributed by atoms with Crippen molar-refractivity contribution in [2.75, 3.05) is 23.7 Å². The molecule has 1 saturated heterocycles. The summed E-state index contributed by atoms with van der Waals surface area (Å²) in [5, 5.41) is 0.563. The molecule has 0 radical (unpaired) electrons. The van der Waals surface area contributed by atoms with Crippen molar-refractivity contribution in [1.82, 2.24) is 24.3 Å². The Morgan fingerprint density at radius 1 is 1.15 bits per heavy atom. The van der Waals surface area contributed by atoms with Crippen molar-refractivity contribution in [3.8, 4) is 0 Å². The van der Waals surface area contributed by atoms with Crippen LogP contribution >= 0.6 is 11.6 Å². The van der Waals surface area contributed by atoms with Gasteiger partial charge in [-0.25, -0.2) is 19.9 Å². The summed E-state index contributed by atoms with van der Waals surface area (Å²) in [5.74, 6) is 2.73. The van der Waals surface area contributed by atoms with Gasteiger partial charge in [0.15, 0.2) is 5.65 Å². The van der Waals surface area contributed by atoms with Gasteiger partial charge in [-0.1, -0.05) is 11.6 Å². The summed E-state index contributed by atoms with van der Waals surface area (Å²) in [6, 6.07) is 0. The van der Waals surface area contributed by atoms with Gasteiger partial charge in [0.2, 0.25) is 5.95 Å². The maximum atomic E-state index is 12.3. The summed E-state index contributed by atoms with van der Waals surface area (Å²) in [5.41, 5.74) is 1.71. The largest absolute Gasteiger partial charge is 0.342 e. The van der Waals surface area contributed by atoms with E-state index < -0.39 is 10.8 Å². The Balaban J connectivity index is 1.43. The lowest BCUT2D eigenvalue weighted by atomic mass is 9.96. The molecule has 3 aromatic rings. The molecule has 1 unspecified atom stereocenters. The summed E-state index contributed by atoms with van der Waals surface area (Å²) >= 11 is 5.88. The molecule has 5 heterocycles. The monoisotopic (exact) mass is 388 g/mol. The minimum atomic E-state index is -0.988. The predicted octanol–water partition coefficient (Wildman–Crippen LogP) is 2.22. The molecule has 1 fully saturated rings. The highest BCUT2D eigenvalue weighted by molar-refractivity contribution is 7.85. The van der Waals surface area contributed by atoms with Crippen molar-refractivity contribution in [3.05, 3.63) is 41.3 Å². The maximum absolute atomic E-state index is 12.3. The highest BCUT2D eigenvalue weighted by atomic mass is 35.5. The quantitative estimate of drug-likeness (QED) is 0.670. The van der Waals surface area contributed by atoms with Crippen LogP contribution in [-0.4, -0.2) is 47.4 Å². The van der Waals surface area contributed by atoms with Crippen LogP contribution < -0.4 is 4.90 Å². The third kappa shape index (κ3) is 2.59. The van der Waals surface area contributed by atoms with Gasteiger partial charge in [-0.2, -0.15) is 0 Å². The van der Waals surface area contributed by atoms with E-state index in [1.807, 2.05) is 10.6 Å². The zero-order chi connectivity index (χ0) is 17.7. The summed E-state index contributed by atoms with van der Waals surface area (Å²) in [4.78, 5) is 21.1. The number of rotatable bonds is 2. The normalized spacial score (nSPS) is 20.7. The summed E-state index contributed by atoms with van der Waals surface area (Å²) in [7, 11) is -0.988. The zero-order valence-electron chi connectivity index (χ0n) is 14.0. The van der Waals surface area contributed by atoms with Gasteiger partial charge < -0.3 is 4.90 Å². The highest BCUT2D eigenvalue weighted by Gasteiger charge is 2.29. The van der Waals surface area contributed by atoms with E-state index in [4.69, 9.17) is 16.6 Å². The molecule has 0 aliphatic carbocycles. The molecule has 0 spiro atoms. The summed E-state index contributed by atoms with van der Waals surface area (Å²) in [6.07, 6.45) is 9.66. The fraction of sp³-hybridized carbons (Fsp3) is 0.412. The molecule has 26 heavy (non-hydrogen) atoms. The molecule has 134 valence electrons. The molecule has 0 bridgehead atoms. The van der Waals surface area contributed by atoms with Gasteiger partial charge >= 0.3 is 0 Å². The van der Waals surface area contributed by atoms with E-state index >= 15 is 0 Å². The smallest absolute Gasteiger partial charge is 0.211 e. The van der Waals surface area contributed by atoms with Crippen LogP contribution in [0.4, 0.5) is 5.95 Å². The molecule has 9 heteroatoms. The van der Waals surface area contributed by atoms with Gasteiger partial charge in [0, 0.05) is 56.0 Å². The number of piperidine rings is 1. The molecule has 2 aliphatic heterocycles. The lowest BCUT2D eigenvalue weighted by Gasteiger charge is -2.32. The van der Waals surface area contributed by atoms with Crippen LogP contribution in [0.5, 0.6) is 0 Å². The lowest BCUT2D eigenvalue weighted by Crippen LogP contribution is -2.35. The van der Waals surface area contributed by atoms with Gasteiger partial charge in [-0.05, 0) is 12.8 Å².